The van der Waals surface area contributed by atoms with Crippen molar-refractivity contribution in [2.24, 2.45) is 4.99 Å². The third-order valence-corrected chi connectivity index (χ3v) is 4.63. The maximum atomic E-state index is 13.3. The van der Waals surface area contributed by atoms with E-state index in [9.17, 15) is 9.18 Å². The highest BCUT2D eigenvalue weighted by Crippen LogP contribution is 2.17. The van der Waals surface area contributed by atoms with Crippen LogP contribution in [0.15, 0.2) is 29.3 Å². The van der Waals surface area contributed by atoms with Gasteiger partial charge in [0, 0.05) is 46.2 Å². The number of likely N-dealkylation sites (tertiary alicyclic amines) is 1. The van der Waals surface area contributed by atoms with Crippen molar-refractivity contribution < 1.29 is 9.18 Å². The van der Waals surface area contributed by atoms with Crippen molar-refractivity contribution in [1.29, 1.82) is 0 Å². The normalized spacial score (nSPS) is 18.2. The van der Waals surface area contributed by atoms with Gasteiger partial charge in [0.05, 0.1) is 0 Å². The zero-order valence-electron chi connectivity index (χ0n) is 15.5. The van der Waals surface area contributed by atoms with Crippen LogP contribution in [0, 0.1) is 5.82 Å². The number of benzene rings is 1. The minimum Gasteiger partial charge on any atom is -0.356 e. The summed E-state index contributed by atoms with van der Waals surface area (Å²) in [5.74, 6) is 0.654. The summed E-state index contributed by atoms with van der Waals surface area (Å²) in [5, 5.41) is 3.22. The van der Waals surface area contributed by atoms with Crippen LogP contribution in [-0.4, -0.2) is 54.9 Å². The Hall–Kier alpha value is -2.11. The molecule has 0 spiro atoms. The van der Waals surface area contributed by atoms with Crippen molar-refractivity contribution in [3.8, 4) is 0 Å². The van der Waals surface area contributed by atoms with E-state index in [-0.39, 0.29) is 11.7 Å². The van der Waals surface area contributed by atoms with E-state index in [0.717, 1.165) is 24.9 Å². The van der Waals surface area contributed by atoms with Gasteiger partial charge in [0.15, 0.2) is 5.96 Å². The molecule has 1 aromatic rings. The molecule has 1 heterocycles. The molecule has 5 nitrogen and oxygen atoms in total. The highest BCUT2D eigenvalue weighted by Gasteiger charge is 2.22. The first-order chi connectivity index (χ1) is 12.0. The summed E-state index contributed by atoms with van der Waals surface area (Å²) in [7, 11) is 3.60. The molecular weight excluding hydrogens is 319 g/mol. The van der Waals surface area contributed by atoms with Gasteiger partial charge in [-0.2, -0.15) is 0 Å². The molecule has 0 radical (unpaired) electrons. The molecule has 0 aromatic heterocycles. The van der Waals surface area contributed by atoms with Crippen LogP contribution in [0.25, 0.3) is 0 Å². The quantitative estimate of drug-likeness (QED) is 0.657. The number of hydrogen-bond donors (Lipinski definition) is 1. The maximum absolute atomic E-state index is 13.3. The van der Waals surface area contributed by atoms with Gasteiger partial charge in [-0.25, -0.2) is 4.39 Å². The first-order valence-electron chi connectivity index (χ1n) is 8.97. The first kappa shape index (κ1) is 19.2. The van der Waals surface area contributed by atoms with Gasteiger partial charge >= 0.3 is 0 Å². The van der Waals surface area contributed by atoms with Gasteiger partial charge in [-0.05, 0) is 43.9 Å². The standard InChI is InChI=1S/C19H29FN4O/c1-15-7-4-5-12-24(15)18(25)10-11-22-19(21-2)23(3)14-16-8-6-9-17(20)13-16/h6,8-9,13,15H,4-5,7,10-12,14H2,1-3H3,(H,21,22). The molecule has 1 atom stereocenters. The van der Waals surface area contributed by atoms with Gasteiger partial charge in [-0.3, -0.25) is 9.79 Å². The van der Waals surface area contributed by atoms with Crippen LogP contribution in [0.5, 0.6) is 0 Å². The second-order valence-electron chi connectivity index (χ2n) is 6.64. The van der Waals surface area contributed by atoms with Gasteiger partial charge in [-0.1, -0.05) is 12.1 Å². The Balaban J connectivity index is 1.80. The molecule has 2 rings (SSSR count). The number of carbonyl (C=O) groups excluding carboxylic acids is 1. The number of guanidine groups is 1. The number of rotatable bonds is 5. The van der Waals surface area contributed by atoms with Crippen LogP contribution in [-0.2, 0) is 11.3 Å². The number of piperidine rings is 1. The van der Waals surface area contributed by atoms with Gasteiger partial charge in [0.25, 0.3) is 0 Å². The van der Waals surface area contributed by atoms with Gasteiger partial charge in [0.2, 0.25) is 5.91 Å². The highest BCUT2D eigenvalue weighted by molar-refractivity contribution is 5.81. The number of aliphatic imine (C=N–C) groups is 1. The Labute approximate surface area is 149 Å². The Morgan fingerprint density at radius 2 is 2.24 bits per heavy atom. The van der Waals surface area contributed by atoms with Gasteiger partial charge in [0.1, 0.15) is 5.82 Å². The number of nitrogens with one attached hydrogen (secondary N) is 1. The molecule has 1 saturated heterocycles. The van der Waals surface area contributed by atoms with Crippen molar-refractivity contribution >= 4 is 11.9 Å². The van der Waals surface area contributed by atoms with Gasteiger partial charge in [-0.15, -0.1) is 0 Å². The molecule has 1 aliphatic heterocycles. The third-order valence-electron chi connectivity index (χ3n) is 4.63. The fourth-order valence-electron chi connectivity index (χ4n) is 3.26. The number of hydrogen-bond acceptors (Lipinski definition) is 2. The minimum absolute atomic E-state index is 0.197. The number of amides is 1. The molecule has 1 aromatic carbocycles. The van der Waals surface area contributed by atoms with Crippen molar-refractivity contribution in [2.45, 2.75) is 45.2 Å². The fourth-order valence-corrected chi connectivity index (χ4v) is 3.26. The lowest BCUT2D eigenvalue weighted by molar-refractivity contribution is -0.134. The van der Waals surface area contributed by atoms with E-state index in [0.29, 0.717) is 31.5 Å². The van der Waals surface area contributed by atoms with E-state index in [1.165, 1.54) is 18.6 Å². The molecule has 0 saturated carbocycles. The van der Waals surface area contributed by atoms with Crippen LogP contribution in [0.4, 0.5) is 4.39 Å². The number of carbonyl (C=O) groups is 1. The maximum Gasteiger partial charge on any atom is 0.224 e. The van der Waals surface area contributed by atoms with Crippen LogP contribution < -0.4 is 5.32 Å². The lowest BCUT2D eigenvalue weighted by Gasteiger charge is -2.33. The predicted molar refractivity (Wildman–Crippen MR) is 98.9 cm³/mol. The van der Waals surface area contributed by atoms with E-state index in [4.69, 9.17) is 0 Å². The Morgan fingerprint density at radius 1 is 1.44 bits per heavy atom. The molecule has 6 heteroatoms. The van der Waals surface area contributed by atoms with Gasteiger partial charge < -0.3 is 15.1 Å². The zero-order valence-corrected chi connectivity index (χ0v) is 15.5. The molecular formula is C19H29FN4O. The average molecular weight is 348 g/mol. The van der Waals surface area contributed by atoms with Crippen molar-refractivity contribution in [3.63, 3.8) is 0 Å². The van der Waals surface area contributed by atoms with E-state index in [1.54, 1.807) is 13.1 Å². The Morgan fingerprint density at radius 3 is 2.92 bits per heavy atom. The molecule has 1 unspecified atom stereocenters. The highest BCUT2D eigenvalue weighted by atomic mass is 19.1. The molecule has 138 valence electrons. The predicted octanol–water partition coefficient (Wildman–Crippen LogP) is 2.62. The summed E-state index contributed by atoms with van der Waals surface area (Å²) in [6, 6.07) is 6.88. The number of halogens is 1. The van der Waals surface area contributed by atoms with E-state index < -0.39 is 0 Å². The largest absolute Gasteiger partial charge is 0.356 e. The van der Waals surface area contributed by atoms with E-state index in [2.05, 4.69) is 17.2 Å². The lowest BCUT2D eigenvalue weighted by Crippen LogP contribution is -2.44. The van der Waals surface area contributed by atoms with Crippen molar-refractivity contribution in [2.75, 3.05) is 27.2 Å². The van der Waals surface area contributed by atoms with E-state index in [1.807, 2.05) is 22.9 Å². The molecule has 1 aliphatic rings. The van der Waals surface area contributed by atoms with E-state index >= 15 is 0 Å². The Kier molecular flexibility index (Phi) is 7.22. The smallest absolute Gasteiger partial charge is 0.224 e. The summed E-state index contributed by atoms with van der Waals surface area (Å²) in [5.41, 5.74) is 0.878. The minimum atomic E-state index is -0.241. The third kappa shape index (κ3) is 5.73. The summed E-state index contributed by atoms with van der Waals surface area (Å²) in [6.07, 6.45) is 3.86. The summed E-state index contributed by atoms with van der Waals surface area (Å²) < 4.78 is 13.3. The zero-order chi connectivity index (χ0) is 18.2. The molecule has 1 amide bonds. The second kappa shape index (κ2) is 9.39. The van der Waals surface area contributed by atoms with Crippen LogP contribution in [0.1, 0.15) is 38.2 Å². The average Bonchev–Trinajstić information content (AvgIpc) is 2.59. The number of nitrogens with zero attached hydrogens (tertiary/aromatic N) is 3. The molecule has 1 N–H and O–H groups in total. The van der Waals surface area contributed by atoms with Crippen LogP contribution in [0.3, 0.4) is 0 Å². The second-order valence-corrected chi connectivity index (χ2v) is 6.64. The summed E-state index contributed by atoms with van der Waals surface area (Å²) >= 11 is 0. The van der Waals surface area contributed by atoms with Crippen LogP contribution >= 0.6 is 0 Å². The van der Waals surface area contributed by atoms with Crippen molar-refractivity contribution in [3.05, 3.63) is 35.6 Å². The van der Waals surface area contributed by atoms with Crippen LogP contribution in [0.2, 0.25) is 0 Å². The summed E-state index contributed by atoms with van der Waals surface area (Å²) in [4.78, 5) is 20.5. The monoisotopic (exact) mass is 348 g/mol. The topological polar surface area (TPSA) is 47.9 Å². The lowest BCUT2D eigenvalue weighted by atomic mass is 10.0. The van der Waals surface area contributed by atoms with Crippen molar-refractivity contribution in [1.82, 2.24) is 15.1 Å². The molecule has 25 heavy (non-hydrogen) atoms. The first-order valence-corrected chi connectivity index (χ1v) is 8.97. The SMILES string of the molecule is CN=C(NCCC(=O)N1CCCCC1C)N(C)Cc1cccc(F)c1. The Bertz CT molecular complexity index is 605. The fraction of sp³-hybridized carbons (Fsp3) is 0.579. The molecule has 0 aliphatic carbocycles. The summed E-state index contributed by atoms with van der Waals surface area (Å²) in [6.45, 7) is 4.08. The molecule has 0 bridgehead atoms. The molecule has 1 fully saturated rings.